The fourth-order valence-corrected chi connectivity index (χ4v) is 8.15. The van der Waals surface area contributed by atoms with E-state index in [2.05, 4.69) is 33.0 Å². The van der Waals surface area contributed by atoms with Crippen molar-refractivity contribution in [3.63, 3.8) is 0 Å². The standard InChI is InChI=1S/C25H32N4O2S2/c1-15(2)20(26-22(31)25-11-17-8-18(12-25)10-19(9-17)13-25)21(30)27-23-28-29-24(33-23)32-14-16-6-4-3-5-7-16/h3-7,15,17-20H,8-14H2,1-2H3,(H,26,31)(H,27,28,30). The highest BCUT2D eigenvalue weighted by atomic mass is 32.2. The minimum Gasteiger partial charge on any atom is -0.344 e. The molecule has 176 valence electrons. The van der Waals surface area contributed by atoms with E-state index in [0.29, 0.717) is 22.9 Å². The topological polar surface area (TPSA) is 84.0 Å². The smallest absolute Gasteiger partial charge is 0.249 e. The number of carbonyl (C=O) groups is 2. The third kappa shape index (κ3) is 4.97. The Morgan fingerprint density at radius 2 is 1.70 bits per heavy atom. The maximum absolute atomic E-state index is 13.5. The van der Waals surface area contributed by atoms with E-state index >= 15 is 0 Å². The van der Waals surface area contributed by atoms with Gasteiger partial charge in [0.25, 0.3) is 0 Å². The van der Waals surface area contributed by atoms with Gasteiger partial charge in [-0.15, -0.1) is 10.2 Å². The minimum atomic E-state index is -0.574. The van der Waals surface area contributed by atoms with Gasteiger partial charge in [0.1, 0.15) is 6.04 Å². The fraction of sp³-hybridized carbons (Fsp3) is 0.600. The van der Waals surface area contributed by atoms with Crippen molar-refractivity contribution in [2.75, 3.05) is 5.32 Å². The van der Waals surface area contributed by atoms with Gasteiger partial charge in [-0.2, -0.15) is 0 Å². The summed E-state index contributed by atoms with van der Waals surface area (Å²) in [5.41, 5.74) is 0.960. The molecule has 6 nitrogen and oxygen atoms in total. The van der Waals surface area contributed by atoms with Crippen LogP contribution in [0.5, 0.6) is 0 Å². The Labute approximate surface area is 203 Å². The molecule has 8 heteroatoms. The number of hydrogen-bond donors (Lipinski definition) is 2. The summed E-state index contributed by atoms with van der Waals surface area (Å²) < 4.78 is 0.813. The lowest BCUT2D eigenvalue weighted by atomic mass is 9.49. The number of nitrogens with zero attached hydrogens (tertiary/aromatic N) is 2. The quantitative estimate of drug-likeness (QED) is 0.401. The molecular formula is C25H32N4O2S2. The van der Waals surface area contributed by atoms with Crippen molar-refractivity contribution >= 4 is 40.0 Å². The molecule has 1 heterocycles. The molecule has 2 N–H and O–H groups in total. The Morgan fingerprint density at radius 3 is 2.30 bits per heavy atom. The molecule has 4 aliphatic rings. The van der Waals surface area contributed by atoms with Crippen LogP contribution in [0.1, 0.15) is 57.9 Å². The third-order valence-electron chi connectivity index (χ3n) is 7.60. The number of amides is 2. The van der Waals surface area contributed by atoms with Crippen LogP contribution in [0, 0.1) is 29.1 Å². The predicted molar refractivity (Wildman–Crippen MR) is 132 cm³/mol. The van der Waals surface area contributed by atoms with Gasteiger partial charge in [-0.25, -0.2) is 0 Å². The molecule has 0 saturated heterocycles. The van der Waals surface area contributed by atoms with Crippen LogP contribution >= 0.6 is 23.1 Å². The molecule has 0 spiro atoms. The van der Waals surface area contributed by atoms with E-state index in [1.165, 1.54) is 36.2 Å². The van der Waals surface area contributed by atoms with E-state index < -0.39 is 6.04 Å². The van der Waals surface area contributed by atoms with Crippen molar-refractivity contribution in [3.8, 4) is 0 Å². The second-order valence-corrected chi connectivity index (χ2v) is 12.7. The second-order valence-electron chi connectivity index (χ2n) is 10.5. The number of benzene rings is 1. The molecule has 4 fully saturated rings. The molecule has 2 aromatic rings. The van der Waals surface area contributed by atoms with Crippen molar-refractivity contribution < 1.29 is 9.59 Å². The molecule has 1 aromatic carbocycles. The summed E-state index contributed by atoms with van der Waals surface area (Å²) >= 11 is 2.97. The molecule has 0 radical (unpaired) electrons. The number of carbonyl (C=O) groups excluding carboxylic acids is 2. The Morgan fingerprint density at radius 1 is 1.06 bits per heavy atom. The summed E-state index contributed by atoms with van der Waals surface area (Å²) in [5.74, 6) is 2.76. The zero-order valence-corrected chi connectivity index (χ0v) is 20.9. The number of hydrogen-bond acceptors (Lipinski definition) is 6. The van der Waals surface area contributed by atoms with Crippen molar-refractivity contribution in [2.24, 2.45) is 29.1 Å². The molecule has 1 aromatic heterocycles. The first kappa shape index (κ1) is 22.8. The number of rotatable bonds is 8. The highest BCUT2D eigenvalue weighted by molar-refractivity contribution is 8.00. The lowest BCUT2D eigenvalue weighted by Crippen LogP contribution is -2.57. The largest absolute Gasteiger partial charge is 0.344 e. The number of anilines is 1. The fourth-order valence-electron chi connectivity index (χ4n) is 6.44. The zero-order chi connectivity index (χ0) is 23.0. The van der Waals surface area contributed by atoms with Crippen molar-refractivity contribution in [2.45, 2.75) is 68.5 Å². The van der Waals surface area contributed by atoms with Crippen LogP contribution in [-0.4, -0.2) is 28.1 Å². The van der Waals surface area contributed by atoms with E-state index in [4.69, 9.17) is 0 Å². The molecule has 4 saturated carbocycles. The Bertz CT molecular complexity index is 972. The molecule has 33 heavy (non-hydrogen) atoms. The van der Waals surface area contributed by atoms with E-state index in [9.17, 15) is 9.59 Å². The summed E-state index contributed by atoms with van der Waals surface area (Å²) in [5, 5.41) is 14.9. The predicted octanol–water partition coefficient (Wildman–Crippen LogP) is 5.13. The first-order valence-electron chi connectivity index (χ1n) is 12.0. The lowest BCUT2D eigenvalue weighted by molar-refractivity contribution is -0.148. The van der Waals surface area contributed by atoms with Crippen LogP contribution in [-0.2, 0) is 15.3 Å². The lowest BCUT2D eigenvalue weighted by Gasteiger charge is -2.55. The normalized spacial score (nSPS) is 28.6. The molecule has 4 aliphatic carbocycles. The van der Waals surface area contributed by atoms with Crippen molar-refractivity contribution in [3.05, 3.63) is 35.9 Å². The minimum absolute atomic E-state index is 0.0114. The van der Waals surface area contributed by atoms with Gasteiger partial charge >= 0.3 is 0 Å². The number of thioether (sulfide) groups is 1. The highest BCUT2D eigenvalue weighted by Gasteiger charge is 2.55. The first-order chi connectivity index (χ1) is 15.9. The Hall–Kier alpha value is -1.93. The van der Waals surface area contributed by atoms with Crippen LogP contribution in [0.2, 0.25) is 0 Å². The summed E-state index contributed by atoms with van der Waals surface area (Å²) in [6, 6.07) is 9.62. The second kappa shape index (κ2) is 9.37. The van der Waals surface area contributed by atoms with Gasteiger partial charge in [-0.3, -0.25) is 14.9 Å². The molecular weight excluding hydrogens is 452 g/mol. The van der Waals surface area contributed by atoms with Crippen LogP contribution in [0.15, 0.2) is 34.7 Å². The summed E-state index contributed by atoms with van der Waals surface area (Å²) in [6.45, 7) is 3.96. The van der Waals surface area contributed by atoms with Crippen LogP contribution < -0.4 is 10.6 Å². The van der Waals surface area contributed by atoms with Gasteiger partial charge in [0, 0.05) is 11.2 Å². The summed E-state index contributed by atoms with van der Waals surface area (Å²) in [7, 11) is 0. The van der Waals surface area contributed by atoms with Gasteiger partial charge in [0.2, 0.25) is 16.9 Å². The Kier molecular flexibility index (Phi) is 6.49. The average Bonchev–Trinajstić information content (AvgIpc) is 3.22. The first-order valence-corrected chi connectivity index (χ1v) is 13.8. The van der Waals surface area contributed by atoms with Crippen molar-refractivity contribution in [1.29, 1.82) is 0 Å². The number of nitrogens with one attached hydrogen (secondary N) is 2. The maximum Gasteiger partial charge on any atom is 0.249 e. The highest BCUT2D eigenvalue weighted by Crippen LogP contribution is 2.60. The molecule has 0 aliphatic heterocycles. The zero-order valence-electron chi connectivity index (χ0n) is 19.3. The summed E-state index contributed by atoms with van der Waals surface area (Å²) in [4.78, 5) is 26.6. The molecule has 6 rings (SSSR count). The average molecular weight is 485 g/mol. The monoisotopic (exact) mass is 484 g/mol. The molecule has 4 bridgehead atoms. The van der Waals surface area contributed by atoms with Crippen molar-refractivity contribution in [1.82, 2.24) is 15.5 Å². The van der Waals surface area contributed by atoms with Crippen LogP contribution in [0.4, 0.5) is 5.13 Å². The van der Waals surface area contributed by atoms with E-state index in [0.717, 1.165) is 29.4 Å². The maximum atomic E-state index is 13.5. The van der Waals surface area contributed by atoms with Gasteiger partial charge < -0.3 is 5.32 Å². The van der Waals surface area contributed by atoms with Crippen LogP contribution in [0.25, 0.3) is 0 Å². The van der Waals surface area contributed by atoms with Crippen LogP contribution in [0.3, 0.4) is 0 Å². The van der Waals surface area contributed by atoms with E-state index in [-0.39, 0.29) is 23.1 Å². The molecule has 2 amide bonds. The molecule has 1 unspecified atom stereocenters. The Balaban J connectivity index is 1.20. The van der Waals surface area contributed by atoms with E-state index in [1.54, 1.807) is 11.8 Å². The third-order valence-corrected chi connectivity index (χ3v) is 9.64. The van der Waals surface area contributed by atoms with Gasteiger partial charge in [0.05, 0.1) is 0 Å². The van der Waals surface area contributed by atoms with Gasteiger partial charge in [-0.05, 0) is 67.8 Å². The summed E-state index contributed by atoms with van der Waals surface area (Å²) in [6.07, 6.45) is 6.87. The SMILES string of the molecule is CC(C)C(NC(=O)C12CC3CC(CC(C3)C1)C2)C(=O)Nc1nnc(SCc2ccccc2)s1. The van der Waals surface area contributed by atoms with E-state index in [1.807, 2.05) is 32.0 Å². The number of aromatic nitrogens is 2. The van der Waals surface area contributed by atoms with Gasteiger partial charge in [0.15, 0.2) is 4.34 Å². The molecule has 1 atom stereocenters. The van der Waals surface area contributed by atoms with Gasteiger partial charge in [-0.1, -0.05) is 67.3 Å².